The van der Waals surface area contributed by atoms with E-state index >= 15 is 0 Å². The third kappa shape index (κ3) is 5.20. The van der Waals surface area contributed by atoms with E-state index in [0.29, 0.717) is 0 Å². The maximum atomic E-state index is 3.46. The lowest BCUT2D eigenvalue weighted by Crippen LogP contribution is -3.00. The summed E-state index contributed by atoms with van der Waals surface area (Å²) in [6, 6.07) is 26.5. The second-order valence-electron chi connectivity index (χ2n) is 5.00. The average Bonchev–Trinajstić information content (AvgIpc) is 2.59. The monoisotopic (exact) mass is 464 g/mol. The molecule has 0 aliphatic rings. The zero-order valence-corrected chi connectivity index (χ0v) is 16.6. The zero-order chi connectivity index (χ0) is 16.1. The van der Waals surface area contributed by atoms with Gasteiger partial charge >= 0.3 is 0 Å². The summed E-state index contributed by atoms with van der Waals surface area (Å²) < 4.78 is 2.12. The first kappa shape index (κ1) is 18.7. The summed E-state index contributed by atoms with van der Waals surface area (Å²) in [5.74, 6) is 0.940. The fraction of sp³-hybridized carbons (Fsp3) is 0. The molecule has 2 nitrogen and oxygen atoms in total. The topological polar surface area (TPSA) is 26.0 Å². The average molecular weight is 467 g/mol. The number of anilines is 1. The van der Waals surface area contributed by atoms with Crippen LogP contribution in [0.5, 0.6) is 0 Å². The van der Waals surface area contributed by atoms with E-state index in [-0.39, 0.29) is 12.4 Å². The lowest BCUT2D eigenvalue weighted by Gasteiger charge is -2.04. The van der Waals surface area contributed by atoms with Crippen molar-refractivity contribution in [3.63, 3.8) is 0 Å². The number of hydrogen-bond donors (Lipinski definition) is 2. The first-order valence-corrected chi connectivity index (χ1v) is 8.77. The molecule has 3 aromatic carbocycles. The highest BCUT2D eigenvalue weighted by Gasteiger charge is 2.11. The Morgan fingerprint density at radius 3 is 1.83 bits per heavy atom. The van der Waals surface area contributed by atoms with Gasteiger partial charge in [-0.2, -0.15) is 0 Å². The molecule has 0 amide bonds. The van der Waals surface area contributed by atoms with Crippen LogP contribution in [0.4, 0.5) is 11.4 Å². The molecule has 0 aromatic heterocycles. The number of rotatable bonds is 3. The van der Waals surface area contributed by atoms with Crippen molar-refractivity contribution in [1.29, 1.82) is 0 Å². The minimum atomic E-state index is 0. The number of benzene rings is 3. The highest BCUT2D eigenvalue weighted by Crippen LogP contribution is 2.15. The smallest absolute Gasteiger partial charge is 0.285 e. The van der Waals surface area contributed by atoms with Gasteiger partial charge in [-0.3, -0.25) is 0 Å². The lowest BCUT2D eigenvalue weighted by atomic mass is 10.2. The van der Waals surface area contributed by atoms with Crippen LogP contribution in [0.25, 0.3) is 0 Å². The van der Waals surface area contributed by atoms with Crippen LogP contribution in [0, 0.1) is 0 Å². The molecule has 0 unspecified atom stereocenters. The molecule has 5 heteroatoms. The first-order valence-electron chi connectivity index (χ1n) is 7.18. The fourth-order valence-corrected chi connectivity index (χ4v) is 2.66. The van der Waals surface area contributed by atoms with Gasteiger partial charge in [0.05, 0.1) is 5.56 Å². The predicted octanol–water partition coefficient (Wildman–Crippen LogP) is 1.49. The molecule has 3 aromatic rings. The quantitative estimate of drug-likeness (QED) is 0.444. The van der Waals surface area contributed by atoms with Gasteiger partial charge in [0.2, 0.25) is 0 Å². The van der Waals surface area contributed by atoms with Gasteiger partial charge in [0.15, 0.2) is 0 Å². The molecule has 2 N–H and O–H groups in total. The van der Waals surface area contributed by atoms with E-state index in [1.165, 1.54) is 0 Å². The van der Waals surface area contributed by atoms with Gasteiger partial charge in [-0.25, -0.2) is 10.3 Å². The Kier molecular flexibility index (Phi) is 7.03. The van der Waals surface area contributed by atoms with Gasteiger partial charge < -0.3 is 12.4 Å². The zero-order valence-electron chi connectivity index (χ0n) is 12.6. The summed E-state index contributed by atoms with van der Waals surface area (Å²) in [5, 5.41) is 3.46. The molecule has 3 rings (SSSR count). The molecule has 0 fully saturated rings. The molecular formula is C19H15Br2ClN2. The Morgan fingerprint density at radius 2 is 1.25 bits per heavy atom. The summed E-state index contributed by atoms with van der Waals surface area (Å²) in [6.07, 6.45) is 0. The van der Waals surface area contributed by atoms with E-state index in [0.717, 1.165) is 31.7 Å². The van der Waals surface area contributed by atoms with Crippen LogP contribution < -0.4 is 22.7 Å². The van der Waals surface area contributed by atoms with Crippen LogP contribution in [0.15, 0.2) is 87.8 Å². The van der Waals surface area contributed by atoms with Gasteiger partial charge in [0.25, 0.3) is 5.84 Å². The van der Waals surface area contributed by atoms with E-state index in [1.807, 2.05) is 66.7 Å². The van der Waals surface area contributed by atoms with Crippen LogP contribution in [-0.2, 0) is 0 Å². The Bertz CT molecular complexity index is 801. The molecule has 0 radical (unpaired) electrons. The van der Waals surface area contributed by atoms with Crippen LogP contribution in [0.2, 0.25) is 0 Å². The van der Waals surface area contributed by atoms with Crippen molar-refractivity contribution >= 4 is 49.1 Å². The Hall–Kier alpha value is -1.62. The van der Waals surface area contributed by atoms with E-state index in [1.54, 1.807) is 0 Å². The molecule has 0 atom stereocenters. The number of hydrogen-bond acceptors (Lipinski definition) is 0. The van der Waals surface area contributed by atoms with Crippen molar-refractivity contribution < 1.29 is 17.4 Å². The third-order valence-electron chi connectivity index (χ3n) is 3.29. The van der Waals surface area contributed by atoms with Crippen LogP contribution in [0.3, 0.4) is 0 Å². The van der Waals surface area contributed by atoms with Crippen LogP contribution in [-0.4, -0.2) is 5.84 Å². The Balaban J connectivity index is 0.00000208. The van der Waals surface area contributed by atoms with Gasteiger partial charge in [-0.1, -0.05) is 50.1 Å². The van der Waals surface area contributed by atoms with E-state index in [4.69, 9.17) is 0 Å². The SMILES string of the molecule is Brc1ccc(NC(=[NH+]c2ccc(Br)cc2)c2ccccc2)cc1.[Cl-]. The Labute approximate surface area is 164 Å². The fourth-order valence-electron chi connectivity index (χ4n) is 2.14. The van der Waals surface area contributed by atoms with Crippen molar-refractivity contribution in [1.82, 2.24) is 0 Å². The second kappa shape index (κ2) is 9.02. The predicted molar refractivity (Wildman–Crippen MR) is 103 cm³/mol. The largest absolute Gasteiger partial charge is 1.00 e. The van der Waals surface area contributed by atoms with E-state index < -0.39 is 0 Å². The van der Waals surface area contributed by atoms with Crippen LogP contribution in [0.1, 0.15) is 5.56 Å². The van der Waals surface area contributed by atoms with Crippen LogP contribution >= 0.6 is 31.9 Å². The number of nitrogens with one attached hydrogen (secondary N) is 2. The summed E-state index contributed by atoms with van der Waals surface area (Å²) in [6.45, 7) is 0. The third-order valence-corrected chi connectivity index (χ3v) is 4.35. The summed E-state index contributed by atoms with van der Waals surface area (Å²) >= 11 is 6.92. The second-order valence-corrected chi connectivity index (χ2v) is 6.84. The molecule has 0 bridgehead atoms. The van der Waals surface area contributed by atoms with Gasteiger partial charge in [0.1, 0.15) is 11.4 Å². The summed E-state index contributed by atoms with van der Waals surface area (Å²) in [7, 11) is 0. The van der Waals surface area contributed by atoms with Crippen molar-refractivity contribution in [2.45, 2.75) is 0 Å². The van der Waals surface area contributed by atoms with Crippen molar-refractivity contribution in [3.05, 3.63) is 93.4 Å². The van der Waals surface area contributed by atoms with Gasteiger partial charge in [-0.05, 0) is 60.7 Å². The summed E-state index contributed by atoms with van der Waals surface area (Å²) in [4.78, 5) is 3.46. The molecular weight excluding hydrogens is 451 g/mol. The lowest BCUT2D eigenvalue weighted by molar-refractivity contribution is -0.352. The van der Waals surface area contributed by atoms with Crippen molar-refractivity contribution in [2.24, 2.45) is 0 Å². The van der Waals surface area contributed by atoms with Crippen molar-refractivity contribution in [2.75, 3.05) is 5.32 Å². The highest BCUT2D eigenvalue weighted by atomic mass is 79.9. The molecule has 0 heterocycles. The van der Waals surface area contributed by atoms with Gasteiger partial charge in [0, 0.05) is 8.95 Å². The number of amidine groups is 1. The first-order chi connectivity index (χ1) is 11.2. The molecule has 0 spiro atoms. The van der Waals surface area contributed by atoms with Gasteiger partial charge in [-0.15, -0.1) is 0 Å². The molecule has 0 saturated carbocycles. The molecule has 0 aliphatic carbocycles. The molecule has 24 heavy (non-hydrogen) atoms. The maximum Gasteiger partial charge on any atom is 0.285 e. The standard InChI is InChI=1S/C19H14Br2N2.ClH/c20-15-6-10-17(11-7-15)22-19(14-4-2-1-3-5-14)23-18-12-8-16(21)9-13-18;/h1-13H,(H,22,23);1H. The molecule has 0 saturated heterocycles. The highest BCUT2D eigenvalue weighted by molar-refractivity contribution is 9.10. The van der Waals surface area contributed by atoms with Crippen molar-refractivity contribution in [3.8, 4) is 0 Å². The minimum Gasteiger partial charge on any atom is -1.00 e. The normalized spacial score (nSPS) is 10.8. The van der Waals surface area contributed by atoms with E-state index in [2.05, 4.69) is 54.3 Å². The summed E-state index contributed by atoms with van der Waals surface area (Å²) in [5.41, 5.74) is 3.15. The maximum absolute atomic E-state index is 3.46. The molecule has 0 aliphatic heterocycles. The number of halogens is 3. The Morgan fingerprint density at radius 1 is 0.708 bits per heavy atom. The molecule has 122 valence electrons. The van der Waals surface area contributed by atoms with E-state index in [9.17, 15) is 0 Å². The minimum absolute atomic E-state index is 0.